The number of benzene rings is 2. The van der Waals surface area contributed by atoms with Gasteiger partial charge in [-0.25, -0.2) is 0 Å². The van der Waals surface area contributed by atoms with Crippen molar-refractivity contribution in [3.05, 3.63) is 53.6 Å². The molecule has 28 heavy (non-hydrogen) atoms. The normalized spacial score (nSPS) is 16.8. The smallest absolute Gasteiger partial charge is 0.272 e. The number of hydrogen-bond acceptors (Lipinski definition) is 6. The van der Waals surface area contributed by atoms with Gasteiger partial charge in [-0.2, -0.15) is 0 Å². The van der Waals surface area contributed by atoms with Gasteiger partial charge in [-0.15, -0.1) is 15.0 Å². The Hall–Kier alpha value is -3.10. The molecule has 0 radical (unpaired) electrons. The molecule has 0 bridgehead atoms. The number of carbonyl (C=O) groups is 1. The number of rotatable bonds is 4. The molecule has 2 aromatic carbocycles. The van der Waals surface area contributed by atoms with Crippen molar-refractivity contribution in [3.63, 3.8) is 0 Å². The summed E-state index contributed by atoms with van der Waals surface area (Å²) in [6, 6.07) is 13.7. The van der Waals surface area contributed by atoms with E-state index in [9.17, 15) is 4.79 Å². The van der Waals surface area contributed by atoms with Gasteiger partial charge < -0.3 is 10.1 Å². The number of para-hydroxylation sites is 1. The van der Waals surface area contributed by atoms with Crippen molar-refractivity contribution in [1.29, 1.82) is 0 Å². The Bertz CT molecular complexity index is 1050. The molecule has 142 valence electrons. The van der Waals surface area contributed by atoms with E-state index in [0.717, 1.165) is 55.1 Å². The Morgan fingerprint density at radius 3 is 2.75 bits per heavy atom. The monoisotopic (exact) mass is 376 g/mol. The molecule has 0 saturated carbocycles. The average molecular weight is 376 g/mol. The van der Waals surface area contributed by atoms with E-state index in [1.165, 1.54) is 10.4 Å². The van der Waals surface area contributed by atoms with Crippen molar-refractivity contribution in [2.45, 2.75) is 13.0 Å². The molecule has 8 heteroatoms. The van der Waals surface area contributed by atoms with Gasteiger partial charge >= 0.3 is 0 Å². The third-order valence-electron chi connectivity index (χ3n) is 5.09. The summed E-state index contributed by atoms with van der Waals surface area (Å²) in [5.74, 6) is -0.223. The van der Waals surface area contributed by atoms with Crippen LogP contribution in [0.25, 0.3) is 11.0 Å². The second-order valence-electron chi connectivity index (χ2n) is 7.03. The van der Waals surface area contributed by atoms with Crippen LogP contribution in [-0.2, 0) is 22.5 Å². The Morgan fingerprint density at radius 1 is 1.11 bits per heavy atom. The highest BCUT2D eigenvalue weighted by molar-refractivity contribution is 6.43. The van der Waals surface area contributed by atoms with Crippen molar-refractivity contribution in [1.82, 2.24) is 20.0 Å². The fraction of sp³-hybridized carbons (Fsp3) is 0.300. The first-order valence-corrected chi connectivity index (χ1v) is 9.38. The van der Waals surface area contributed by atoms with E-state index in [2.05, 4.69) is 25.6 Å². The lowest BCUT2D eigenvalue weighted by atomic mass is 10.0. The van der Waals surface area contributed by atoms with Gasteiger partial charge in [0.25, 0.3) is 5.91 Å². The molecule has 0 unspecified atom stereocenters. The first-order chi connectivity index (χ1) is 13.8. The van der Waals surface area contributed by atoms with Gasteiger partial charge in [0.1, 0.15) is 16.7 Å². The Labute approximate surface area is 161 Å². The standard InChI is InChI=1S/C20H20N6O2/c27-20(18-12-15-2-1-3-17-19(15)26(23-18)24-22-17)21-16-6-4-14(5-7-16)13-25-8-10-28-11-9-25/h1-7H,8-13H2,(H,21,27). The van der Waals surface area contributed by atoms with Crippen LogP contribution in [0.1, 0.15) is 11.1 Å². The van der Waals surface area contributed by atoms with E-state index in [0.29, 0.717) is 12.1 Å². The lowest BCUT2D eigenvalue weighted by Crippen LogP contribution is -2.35. The molecule has 3 aromatic rings. The summed E-state index contributed by atoms with van der Waals surface area (Å²) < 4.78 is 5.38. The summed E-state index contributed by atoms with van der Waals surface area (Å²) in [4.78, 5) is 16.5. The highest BCUT2D eigenvalue weighted by Crippen LogP contribution is 2.21. The molecule has 2 aliphatic heterocycles. The van der Waals surface area contributed by atoms with E-state index in [4.69, 9.17) is 4.74 Å². The third-order valence-corrected chi connectivity index (χ3v) is 5.09. The van der Waals surface area contributed by atoms with Gasteiger partial charge in [0.2, 0.25) is 0 Å². The van der Waals surface area contributed by atoms with E-state index in [1.54, 1.807) is 0 Å². The molecular weight excluding hydrogens is 356 g/mol. The predicted molar refractivity (Wildman–Crippen MR) is 105 cm³/mol. The van der Waals surface area contributed by atoms with Gasteiger partial charge in [0.15, 0.2) is 0 Å². The van der Waals surface area contributed by atoms with Crippen LogP contribution in [0.5, 0.6) is 0 Å². The minimum Gasteiger partial charge on any atom is -0.379 e. The number of amides is 1. The zero-order valence-electron chi connectivity index (χ0n) is 15.3. The molecule has 8 nitrogen and oxygen atoms in total. The maximum atomic E-state index is 12.7. The van der Waals surface area contributed by atoms with Crippen LogP contribution < -0.4 is 5.32 Å². The third kappa shape index (κ3) is 3.28. The predicted octanol–water partition coefficient (Wildman–Crippen LogP) is 1.66. The first kappa shape index (κ1) is 17.0. The maximum absolute atomic E-state index is 12.7. The van der Waals surface area contributed by atoms with Gasteiger partial charge in [0, 0.05) is 31.7 Å². The topological polar surface area (TPSA) is 84.6 Å². The molecule has 1 aromatic heterocycles. The lowest BCUT2D eigenvalue weighted by Gasteiger charge is -2.26. The number of nitrogens with zero attached hydrogens (tertiary/aromatic N) is 5. The quantitative estimate of drug-likeness (QED) is 0.749. The van der Waals surface area contributed by atoms with E-state index >= 15 is 0 Å². The zero-order valence-corrected chi connectivity index (χ0v) is 15.3. The summed E-state index contributed by atoms with van der Waals surface area (Å²) in [7, 11) is 0. The molecule has 1 N–H and O–H groups in total. The summed E-state index contributed by atoms with van der Waals surface area (Å²) in [6.07, 6.45) is 0.464. The molecule has 5 rings (SSSR count). The molecule has 0 aliphatic carbocycles. The zero-order chi connectivity index (χ0) is 18.9. The fourth-order valence-corrected chi connectivity index (χ4v) is 3.61. The van der Waals surface area contributed by atoms with Gasteiger partial charge in [0.05, 0.1) is 13.2 Å². The number of aromatic nitrogens is 3. The van der Waals surface area contributed by atoms with Gasteiger partial charge in [-0.3, -0.25) is 9.69 Å². The molecule has 1 fully saturated rings. The first-order valence-electron chi connectivity index (χ1n) is 9.38. The number of hydrogen-bond donors (Lipinski definition) is 1. The van der Waals surface area contributed by atoms with E-state index in [-0.39, 0.29) is 5.91 Å². The molecule has 0 spiro atoms. The molecule has 3 heterocycles. The van der Waals surface area contributed by atoms with Crippen LogP contribution in [-0.4, -0.2) is 57.9 Å². The van der Waals surface area contributed by atoms with Crippen LogP contribution >= 0.6 is 0 Å². The van der Waals surface area contributed by atoms with E-state index in [1.807, 2.05) is 42.5 Å². The Kier molecular flexibility index (Phi) is 4.34. The molecule has 1 amide bonds. The second-order valence-corrected chi connectivity index (χ2v) is 7.03. The number of anilines is 1. The van der Waals surface area contributed by atoms with Crippen LogP contribution in [0.4, 0.5) is 5.69 Å². The van der Waals surface area contributed by atoms with Crippen LogP contribution in [0.3, 0.4) is 0 Å². The van der Waals surface area contributed by atoms with Crippen molar-refractivity contribution in [2.24, 2.45) is 5.10 Å². The summed E-state index contributed by atoms with van der Waals surface area (Å²) >= 11 is 0. The highest BCUT2D eigenvalue weighted by Gasteiger charge is 2.22. The molecular formula is C20H20N6O2. The van der Waals surface area contributed by atoms with Crippen molar-refractivity contribution in [3.8, 4) is 0 Å². The minimum atomic E-state index is -0.223. The number of carbonyl (C=O) groups excluding carboxylic acids is 1. The largest absolute Gasteiger partial charge is 0.379 e. The number of morpholine rings is 1. The lowest BCUT2D eigenvalue weighted by molar-refractivity contribution is -0.110. The second kappa shape index (κ2) is 7.14. The molecule has 2 aliphatic rings. The van der Waals surface area contributed by atoms with Gasteiger partial charge in [-0.1, -0.05) is 24.3 Å². The Balaban J connectivity index is 1.27. The highest BCUT2D eigenvalue weighted by atomic mass is 16.5. The fourth-order valence-electron chi connectivity index (χ4n) is 3.61. The summed E-state index contributed by atoms with van der Waals surface area (Å²) in [5, 5.41) is 15.4. The average Bonchev–Trinajstić information content (AvgIpc) is 3.15. The van der Waals surface area contributed by atoms with Crippen molar-refractivity contribution >= 4 is 28.3 Å². The summed E-state index contributed by atoms with van der Waals surface area (Å²) in [6.45, 7) is 4.38. The van der Waals surface area contributed by atoms with Crippen LogP contribution in [0.2, 0.25) is 0 Å². The van der Waals surface area contributed by atoms with E-state index < -0.39 is 0 Å². The number of ether oxygens (including phenoxy) is 1. The SMILES string of the molecule is O=C(Nc1ccc(CN2CCOCC2)cc1)C1=Nn2nnc3cccc(c32)C1. The molecule has 1 saturated heterocycles. The van der Waals surface area contributed by atoms with Crippen LogP contribution in [0.15, 0.2) is 47.6 Å². The molecule has 0 atom stereocenters. The number of nitrogens with one attached hydrogen (secondary N) is 1. The van der Waals surface area contributed by atoms with Crippen molar-refractivity contribution < 1.29 is 9.53 Å². The van der Waals surface area contributed by atoms with Crippen LogP contribution in [0, 0.1) is 0 Å². The van der Waals surface area contributed by atoms with Crippen molar-refractivity contribution in [2.75, 3.05) is 31.6 Å². The maximum Gasteiger partial charge on any atom is 0.272 e. The summed E-state index contributed by atoms with van der Waals surface area (Å²) in [5.41, 5.74) is 5.05. The minimum absolute atomic E-state index is 0.223. The Morgan fingerprint density at radius 2 is 1.93 bits per heavy atom. The van der Waals surface area contributed by atoms with Gasteiger partial charge in [-0.05, 0) is 34.5 Å².